The molecule has 0 fully saturated rings. The van der Waals surface area contributed by atoms with Gasteiger partial charge in [-0.25, -0.2) is 0 Å². The molecule has 0 aliphatic heterocycles. The molecule has 0 unspecified atom stereocenters. The van der Waals surface area contributed by atoms with E-state index in [-0.39, 0.29) is 16.7 Å². The van der Waals surface area contributed by atoms with E-state index in [0.717, 1.165) is 18.2 Å². The van der Waals surface area contributed by atoms with E-state index in [1.165, 1.54) is 18.4 Å². The Morgan fingerprint density at radius 3 is 2.63 bits per heavy atom. The lowest BCUT2D eigenvalue weighted by molar-refractivity contribution is -0.137. The second-order valence-electron chi connectivity index (χ2n) is 5.53. The molecule has 1 heterocycles. The minimum atomic E-state index is -4.64. The van der Waals surface area contributed by atoms with Gasteiger partial charge in [0.2, 0.25) is 5.91 Å². The number of amides is 1. The summed E-state index contributed by atoms with van der Waals surface area (Å²) >= 11 is 5.53. The number of anilines is 1. The van der Waals surface area contributed by atoms with Crippen molar-refractivity contribution in [1.29, 1.82) is 0 Å². The number of carbonyl (C=O) groups is 1. The van der Waals surface area contributed by atoms with E-state index in [9.17, 15) is 22.8 Å². The fraction of sp³-hybridized carbons (Fsp3) is 0.0526. The Labute approximate surface area is 155 Å². The molecule has 138 valence electrons. The van der Waals surface area contributed by atoms with Gasteiger partial charge in [0.05, 0.1) is 21.5 Å². The third-order valence-corrected chi connectivity index (χ3v) is 3.99. The molecule has 0 saturated carbocycles. The quantitative estimate of drug-likeness (QED) is 0.628. The van der Waals surface area contributed by atoms with E-state index in [0.29, 0.717) is 11.0 Å². The number of halogens is 4. The molecule has 0 atom stereocenters. The molecule has 0 spiro atoms. The lowest BCUT2D eigenvalue weighted by atomic mass is 10.1. The van der Waals surface area contributed by atoms with Crippen molar-refractivity contribution in [3.63, 3.8) is 0 Å². The van der Waals surface area contributed by atoms with Crippen molar-refractivity contribution >= 4 is 40.2 Å². The first-order valence-electron chi connectivity index (χ1n) is 7.62. The Morgan fingerprint density at radius 1 is 1.15 bits per heavy atom. The van der Waals surface area contributed by atoms with Gasteiger partial charge in [-0.1, -0.05) is 23.7 Å². The maximum atomic E-state index is 12.9. The van der Waals surface area contributed by atoms with Gasteiger partial charge in [0.15, 0.2) is 5.43 Å². The van der Waals surface area contributed by atoms with Crippen LogP contribution in [0.3, 0.4) is 0 Å². The van der Waals surface area contributed by atoms with Crippen LogP contribution in [0.15, 0.2) is 64.0 Å². The van der Waals surface area contributed by atoms with Crippen LogP contribution in [-0.4, -0.2) is 5.91 Å². The zero-order chi connectivity index (χ0) is 19.6. The van der Waals surface area contributed by atoms with E-state index >= 15 is 0 Å². The number of carbonyl (C=O) groups excluding carboxylic acids is 1. The molecule has 1 amide bonds. The Bertz CT molecular complexity index is 1100. The number of alkyl halides is 3. The van der Waals surface area contributed by atoms with Gasteiger partial charge < -0.3 is 9.73 Å². The van der Waals surface area contributed by atoms with Crippen molar-refractivity contribution in [2.24, 2.45) is 0 Å². The van der Waals surface area contributed by atoms with E-state index in [1.807, 2.05) is 0 Å². The van der Waals surface area contributed by atoms with Crippen LogP contribution in [-0.2, 0) is 11.0 Å². The molecule has 0 aliphatic carbocycles. The van der Waals surface area contributed by atoms with Gasteiger partial charge in [-0.05, 0) is 36.4 Å². The van der Waals surface area contributed by atoms with Gasteiger partial charge >= 0.3 is 6.18 Å². The molecule has 1 N–H and O–H groups in total. The summed E-state index contributed by atoms with van der Waals surface area (Å²) in [6, 6.07) is 9.64. The molecule has 1 aromatic heterocycles. The van der Waals surface area contributed by atoms with Gasteiger partial charge in [0.1, 0.15) is 11.8 Å². The molecule has 0 saturated heterocycles. The smallest absolute Gasteiger partial charge is 0.417 e. The molecule has 8 heteroatoms. The Kier molecular flexibility index (Phi) is 5.05. The van der Waals surface area contributed by atoms with Crippen LogP contribution in [0.25, 0.3) is 17.0 Å². The molecule has 27 heavy (non-hydrogen) atoms. The minimum absolute atomic E-state index is 0.0769. The second-order valence-corrected chi connectivity index (χ2v) is 5.94. The Hall–Kier alpha value is -3.06. The average Bonchev–Trinajstić information content (AvgIpc) is 2.62. The van der Waals surface area contributed by atoms with E-state index in [4.69, 9.17) is 16.0 Å². The summed E-state index contributed by atoms with van der Waals surface area (Å²) in [6.07, 6.45) is -1.17. The highest BCUT2D eigenvalue weighted by Crippen LogP contribution is 2.36. The molecule has 0 bridgehead atoms. The van der Waals surface area contributed by atoms with Crippen molar-refractivity contribution in [2.45, 2.75) is 6.18 Å². The van der Waals surface area contributed by atoms with Gasteiger partial charge in [0, 0.05) is 11.8 Å². The highest BCUT2D eigenvalue weighted by atomic mass is 35.5. The van der Waals surface area contributed by atoms with E-state index in [2.05, 4.69) is 5.32 Å². The summed E-state index contributed by atoms with van der Waals surface area (Å²) in [4.78, 5) is 24.3. The van der Waals surface area contributed by atoms with Crippen LogP contribution in [0, 0.1) is 0 Å². The Morgan fingerprint density at radius 2 is 1.89 bits per heavy atom. The predicted octanol–water partition coefficient (Wildman–Crippen LogP) is 5.12. The van der Waals surface area contributed by atoms with Crippen molar-refractivity contribution in [1.82, 2.24) is 0 Å². The summed E-state index contributed by atoms with van der Waals surface area (Å²) in [7, 11) is 0. The van der Waals surface area contributed by atoms with Crippen LogP contribution in [0.1, 0.15) is 11.1 Å². The predicted molar refractivity (Wildman–Crippen MR) is 96.6 cm³/mol. The number of para-hydroxylation sites is 1. The lowest BCUT2D eigenvalue weighted by Gasteiger charge is -2.11. The first-order chi connectivity index (χ1) is 12.8. The number of benzene rings is 2. The van der Waals surface area contributed by atoms with Gasteiger partial charge in [-0.15, -0.1) is 0 Å². The summed E-state index contributed by atoms with van der Waals surface area (Å²) < 4.78 is 43.9. The highest BCUT2D eigenvalue weighted by Gasteiger charge is 2.33. The molecule has 4 nitrogen and oxygen atoms in total. The fourth-order valence-corrected chi connectivity index (χ4v) is 2.60. The molecule has 3 rings (SSSR count). The lowest BCUT2D eigenvalue weighted by Crippen LogP contribution is -2.11. The van der Waals surface area contributed by atoms with Crippen LogP contribution >= 0.6 is 11.6 Å². The number of fused-ring (bicyclic) bond motifs is 1. The van der Waals surface area contributed by atoms with Gasteiger partial charge in [-0.3, -0.25) is 9.59 Å². The molecule has 0 radical (unpaired) electrons. The SMILES string of the molecule is O=C(/C=C/c1coc2ccccc2c1=O)Nc1ccc(Cl)c(C(F)(F)F)c1. The largest absolute Gasteiger partial charge is 0.463 e. The van der Waals surface area contributed by atoms with Crippen molar-refractivity contribution in [2.75, 3.05) is 5.32 Å². The molecule has 3 aromatic rings. The van der Waals surface area contributed by atoms with Crippen LogP contribution in [0.2, 0.25) is 5.02 Å². The number of nitrogens with one attached hydrogen (secondary N) is 1. The first-order valence-corrected chi connectivity index (χ1v) is 8.00. The topological polar surface area (TPSA) is 59.3 Å². The van der Waals surface area contributed by atoms with Crippen molar-refractivity contribution in [3.8, 4) is 0 Å². The number of rotatable bonds is 3. The first kappa shape index (κ1) is 18.7. The zero-order valence-corrected chi connectivity index (χ0v) is 14.3. The highest BCUT2D eigenvalue weighted by molar-refractivity contribution is 6.31. The van der Waals surface area contributed by atoms with E-state index < -0.39 is 22.7 Å². The zero-order valence-electron chi connectivity index (χ0n) is 13.5. The summed E-state index contributed by atoms with van der Waals surface area (Å²) in [5.74, 6) is -0.710. The number of hydrogen-bond donors (Lipinski definition) is 1. The van der Waals surface area contributed by atoms with E-state index in [1.54, 1.807) is 24.3 Å². The normalized spacial score (nSPS) is 11.9. The average molecular weight is 394 g/mol. The summed E-state index contributed by atoms with van der Waals surface area (Å²) in [6.45, 7) is 0. The molecular weight excluding hydrogens is 383 g/mol. The van der Waals surface area contributed by atoms with Crippen LogP contribution in [0.4, 0.5) is 18.9 Å². The van der Waals surface area contributed by atoms with Crippen molar-refractivity contribution in [3.05, 3.63) is 81.2 Å². The summed E-state index contributed by atoms with van der Waals surface area (Å²) in [5.41, 5.74) is -0.916. The maximum absolute atomic E-state index is 12.9. The standard InChI is InChI=1S/C19H11ClF3NO3/c20-15-7-6-12(9-14(15)19(21,22)23)24-17(25)8-5-11-10-27-16-4-2-1-3-13(16)18(11)26/h1-10H,(H,24,25)/b8-5+. The van der Waals surface area contributed by atoms with Gasteiger partial charge in [-0.2, -0.15) is 13.2 Å². The fourth-order valence-electron chi connectivity index (χ4n) is 2.38. The third-order valence-electron chi connectivity index (χ3n) is 3.66. The van der Waals surface area contributed by atoms with Gasteiger partial charge in [0.25, 0.3) is 0 Å². The number of hydrogen-bond acceptors (Lipinski definition) is 3. The third kappa shape index (κ3) is 4.20. The molecular formula is C19H11ClF3NO3. The van der Waals surface area contributed by atoms with Crippen LogP contribution < -0.4 is 10.7 Å². The Balaban J connectivity index is 1.81. The van der Waals surface area contributed by atoms with Crippen molar-refractivity contribution < 1.29 is 22.4 Å². The molecule has 0 aliphatic rings. The summed E-state index contributed by atoms with van der Waals surface area (Å²) in [5, 5.41) is 2.18. The second kappa shape index (κ2) is 7.28. The van der Waals surface area contributed by atoms with Crippen LogP contribution in [0.5, 0.6) is 0 Å². The maximum Gasteiger partial charge on any atom is 0.417 e. The monoisotopic (exact) mass is 393 g/mol. The minimum Gasteiger partial charge on any atom is -0.463 e. The molecule has 2 aromatic carbocycles.